The molecule has 0 saturated heterocycles. The molecule has 0 spiro atoms. The first kappa shape index (κ1) is 20.8. The number of hydrogen-bond donors (Lipinski definition) is 0. The van der Waals surface area contributed by atoms with Gasteiger partial charge in [0.05, 0.1) is 42.4 Å². The first-order valence-corrected chi connectivity index (χ1v) is 9.85. The van der Waals surface area contributed by atoms with Crippen LogP contribution in [0.2, 0.25) is 0 Å². The topological polar surface area (TPSA) is 51.5 Å². The average molecular weight is 427 g/mol. The molecule has 7 heteroatoms. The number of quaternary nitrogens is 1. The van der Waals surface area contributed by atoms with Gasteiger partial charge >= 0.3 is 0 Å². The minimum absolute atomic E-state index is 0. The molecule has 0 bridgehead atoms. The van der Waals surface area contributed by atoms with E-state index in [1.54, 1.807) is 7.11 Å². The molecule has 2 aliphatic rings. The van der Waals surface area contributed by atoms with Crippen molar-refractivity contribution < 1.29 is 19.1 Å². The highest BCUT2D eigenvalue weighted by Gasteiger charge is 2.43. The molecule has 1 aromatic heterocycles. The van der Waals surface area contributed by atoms with Gasteiger partial charge in [-0.2, -0.15) is 4.84 Å². The van der Waals surface area contributed by atoms with Crippen LogP contribution in [0.25, 0.3) is 27.2 Å². The van der Waals surface area contributed by atoms with Crippen molar-refractivity contribution in [3.05, 3.63) is 53.9 Å². The zero-order chi connectivity index (χ0) is 20.3. The number of ketones is 2. The smallest absolute Gasteiger partial charge is 0.193 e. The summed E-state index contributed by atoms with van der Waals surface area (Å²) in [6.45, 7) is 2.05. The van der Waals surface area contributed by atoms with Crippen LogP contribution < -0.4 is 0 Å². The van der Waals surface area contributed by atoms with Crippen molar-refractivity contribution in [2.75, 3.05) is 34.3 Å². The summed E-state index contributed by atoms with van der Waals surface area (Å²) in [5.74, 6) is -0.215. The fourth-order valence-corrected chi connectivity index (χ4v) is 4.64. The molecule has 0 amide bonds. The van der Waals surface area contributed by atoms with Gasteiger partial charge < -0.3 is 4.90 Å². The molecule has 6 nitrogen and oxygen atoms in total. The Morgan fingerprint density at radius 2 is 1.87 bits per heavy atom. The SMILES string of the molecule is CO[N+]1(CCN(C)C)C=C2C(=O)CC(=O)c3c2n(c2ccc4ccccc4c32)C1.Cl. The van der Waals surface area contributed by atoms with Crippen LogP contribution >= 0.6 is 12.4 Å². The van der Waals surface area contributed by atoms with Gasteiger partial charge in [0.1, 0.15) is 12.7 Å². The molecular weight excluding hydrogens is 402 g/mol. The Morgan fingerprint density at radius 3 is 2.60 bits per heavy atom. The van der Waals surface area contributed by atoms with Gasteiger partial charge in [-0.15, -0.1) is 17.1 Å². The third kappa shape index (κ3) is 2.91. The van der Waals surface area contributed by atoms with Gasteiger partial charge in [0, 0.05) is 5.39 Å². The second-order valence-corrected chi connectivity index (χ2v) is 8.20. The summed E-state index contributed by atoms with van der Waals surface area (Å²) in [4.78, 5) is 33.9. The number of carbonyl (C=O) groups is 2. The summed E-state index contributed by atoms with van der Waals surface area (Å²) >= 11 is 0. The number of carbonyl (C=O) groups excluding carboxylic acids is 2. The Balaban J connectivity index is 0.00000218. The third-order valence-electron chi connectivity index (χ3n) is 6.14. The number of rotatable bonds is 4. The molecule has 156 valence electrons. The van der Waals surface area contributed by atoms with E-state index in [0.717, 1.165) is 33.9 Å². The molecular formula is C23H25ClN3O3+. The maximum Gasteiger partial charge on any atom is 0.193 e. The lowest BCUT2D eigenvalue weighted by molar-refractivity contribution is -1.08. The second kappa shape index (κ2) is 7.32. The lowest BCUT2D eigenvalue weighted by Crippen LogP contribution is -2.49. The minimum Gasteiger partial charge on any atom is -0.304 e. The van der Waals surface area contributed by atoms with Gasteiger partial charge in [-0.3, -0.25) is 14.2 Å². The van der Waals surface area contributed by atoms with E-state index in [4.69, 9.17) is 4.84 Å². The Morgan fingerprint density at radius 1 is 1.10 bits per heavy atom. The predicted octanol–water partition coefficient (Wildman–Crippen LogP) is 3.62. The molecule has 3 aromatic rings. The van der Waals surface area contributed by atoms with Crippen LogP contribution in [0.3, 0.4) is 0 Å². The summed E-state index contributed by atoms with van der Waals surface area (Å²) in [7, 11) is 5.72. The Labute approximate surface area is 181 Å². The highest BCUT2D eigenvalue weighted by molar-refractivity contribution is 6.37. The first-order chi connectivity index (χ1) is 13.9. The van der Waals surface area contributed by atoms with Crippen molar-refractivity contribution in [2.24, 2.45) is 0 Å². The summed E-state index contributed by atoms with van der Waals surface area (Å²) in [6, 6.07) is 12.2. The van der Waals surface area contributed by atoms with E-state index in [2.05, 4.69) is 33.7 Å². The van der Waals surface area contributed by atoms with E-state index in [1.165, 1.54) is 0 Å². The number of halogens is 1. The quantitative estimate of drug-likeness (QED) is 0.472. The lowest BCUT2D eigenvalue weighted by atomic mass is 9.88. The van der Waals surface area contributed by atoms with Crippen molar-refractivity contribution >= 4 is 51.2 Å². The van der Waals surface area contributed by atoms with Crippen LogP contribution in [-0.2, 0) is 16.3 Å². The van der Waals surface area contributed by atoms with E-state index >= 15 is 0 Å². The van der Waals surface area contributed by atoms with Crippen LogP contribution in [0.5, 0.6) is 0 Å². The van der Waals surface area contributed by atoms with E-state index in [1.807, 2.05) is 32.4 Å². The van der Waals surface area contributed by atoms with Crippen LogP contribution in [0, 0.1) is 0 Å². The largest absolute Gasteiger partial charge is 0.304 e. The summed E-state index contributed by atoms with van der Waals surface area (Å²) < 4.78 is 2.33. The number of likely N-dealkylation sites (N-methyl/N-ethyl adjacent to an activating group) is 1. The molecule has 2 heterocycles. The average Bonchev–Trinajstić information content (AvgIpc) is 3.06. The van der Waals surface area contributed by atoms with Gasteiger partial charge in [-0.25, -0.2) is 0 Å². The Bertz CT molecular complexity index is 1230. The number of Topliss-reactive ketones (excluding diaryl/α,β-unsaturated/α-hetero) is 2. The summed E-state index contributed by atoms with van der Waals surface area (Å²) in [6.07, 6.45) is 1.83. The lowest BCUT2D eigenvalue weighted by Gasteiger charge is -2.36. The maximum absolute atomic E-state index is 13.0. The Hall–Kier alpha value is -2.51. The second-order valence-electron chi connectivity index (χ2n) is 8.20. The summed E-state index contributed by atoms with van der Waals surface area (Å²) in [5, 5.41) is 3.09. The molecule has 1 aliphatic carbocycles. The van der Waals surface area contributed by atoms with Crippen molar-refractivity contribution in [2.45, 2.75) is 13.1 Å². The minimum atomic E-state index is -0.125. The fraction of sp³-hybridized carbons (Fsp3) is 0.304. The molecule has 1 aliphatic heterocycles. The number of hydrogen-bond acceptors (Lipinski definition) is 4. The number of nitrogens with zero attached hydrogens (tertiary/aromatic N) is 3. The normalized spacial score (nSPS) is 20.5. The molecule has 0 N–H and O–H groups in total. The van der Waals surface area contributed by atoms with Gasteiger partial charge in [0.2, 0.25) is 0 Å². The highest BCUT2D eigenvalue weighted by atomic mass is 35.5. The molecule has 2 aromatic carbocycles. The molecule has 0 radical (unpaired) electrons. The van der Waals surface area contributed by atoms with E-state index in [0.29, 0.717) is 24.4 Å². The van der Waals surface area contributed by atoms with Gasteiger partial charge in [0.25, 0.3) is 0 Å². The van der Waals surface area contributed by atoms with Crippen molar-refractivity contribution in [3.8, 4) is 0 Å². The number of aromatic nitrogens is 1. The van der Waals surface area contributed by atoms with Crippen LogP contribution in [0.1, 0.15) is 22.5 Å². The van der Waals surface area contributed by atoms with Crippen molar-refractivity contribution in [3.63, 3.8) is 0 Å². The first-order valence-electron chi connectivity index (χ1n) is 9.85. The predicted molar refractivity (Wildman–Crippen MR) is 119 cm³/mol. The van der Waals surface area contributed by atoms with Gasteiger partial charge in [0.15, 0.2) is 18.2 Å². The van der Waals surface area contributed by atoms with E-state index in [9.17, 15) is 9.59 Å². The molecule has 0 saturated carbocycles. The van der Waals surface area contributed by atoms with Crippen molar-refractivity contribution in [1.29, 1.82) is 0 Å². The Kier molecular flexibility index (Phi) is 5.06. The third-order valence-corrected chi connectivity index (χ3v) is 6.14. The van der Waals surface area contributed by atoms with Gasteiger partial charge in [-0.1, -0.05) is 30.3 Å². The maximum atomic E-state index is 13.0. The number of benzene rings is 2. The van der Waals surface area contributed by atoms with E-state index < -0.39 is 0 Å². The molecule has 30 heavy (non-hydrogen) atoms. The highest BCUT2D eigenvalue weighted by Crippen LogP contribution is 2.43. The standard InChI is InChI=1S/C23H24N3O3.ClH/c1-24(2)10-11-26(29-3)13-17-19(27)12-20(28)22-21-16-7-5-4-6-15(16)8-9-18(21)25(14-26)23(17)22;/h4-9,13H,10-12,14H2,1-3H3;1H/q+1;. The monoisotopic (exact) mass is 426 g/mol. The molecule has 0 fully saturated rings. The zero-order valence-electron chi connectivity index (χ0n) is 17.3. The van der Waals surface area contributed by atoms with E-state index in [-0.39, 0.29) is 35.0 Å². The fourth-order valence-electron chi connectivity index (χ4n) is 4.64. The summed E-state index contributed by atoms with van der Waals surface area (Å²) in [5.41, 5.74) is 3.02. The number of allylic oxidation sites excluding steroid dienone is 1. The van der Waals surface area contributed by atoms with Crippen molar-refractivity contribution in [1.82, 2.24) is 9.47 Å². The zero-order valence-corrected chi connectivity index (χ0v) is 18.2. The number of hydroxylamine groups is 3. The van der Waals surface area contributed by atoms with Crippen LogP contribution in [0.15, 0.2) is 42.6 Å². The van der Waals surface area contributed by atoms with Crippen LogP contribution in [0.4, 0.5) is 0 Å². The molecule has 1 atom stereocenters. The number of fused-ring (bicyclic) bond motifs is 5. The van der Waals surface area contributed by atoms with Crippen LogP contribution in [-0.4, -0.2) is 60.0 Å². The van der Waals surface area contributed by atoms with Gasteiger partial charge in [-0.05, 0) is 30.9 Å². The molecule has 5 rings (SSSR count). The molecule has 1 unspecified atom stereocenters.